The van der Waals surface area contributed by atoms with Crippen molar-refractivity contribution in [1.82, 2.24) is 9.80 Å². The number of likely N-dealkylation sites (tertiary alicyclic amines) is 1. The smallest absolute Gasteiger partial charge is 0.307 e. The fourth-order valence-corrected chi connectivity index (χ4v) is 2.09. The molecule has 15 heavy (non-hydrogen) atoms. The first-order chi connectivity index (χ1) is 7.00. The van der Waals surface area contributed by atoms with Crippen LogP contribution in [0, 0.1) is 5.92 Å². The summed E-state index contributed by atoms with van der Waals surface area (Å²) in [4.78, 5) is 15.3. The molecule has 88 valence electrons. The van der Waals surface area contributed by atoms with Gasteiger partial charge in [-0.05, 0) is 40.0 Å². The van der Waals surface area contributed by atoms with E-state index in [9.17, 15) is 4.79 Å². The third kappa shape index (κ3) is 3.80. The second-order valence-electron chi connectivity index (χ2n) is 4.71. The second-order valence-corrected chi connectivity index (χ2v) is 4.71. The number of piperidine rings is 1. The number of aliphatic carboxylic acids is 1. The lowest BCUT2D eigenvalue weighted by Crippen LogP contribution is -2.44. The van der Waals surface area contributed by atoms with Crippen molar-refractivity contribution >= 4 is 5.97 Å². The highest BCUT2D eigenvalue weighted by molar-refractivity contribution is 5.69. The third-order valence-electron chi connectivity index (χ3n) is 3.29. The average Bonchev–Trinajstić information content (AvgIpc) is 2.18. The van der Waals surface area contributed by atoms with E-state index in [1.165, 1.54) is 0 Å². The molecule has 0 bridgehead atoms. The summed E-state index contributed by atoms with van der Waals surface area (Å²) in [6, 6.07) is 0.558. The van der Waals surface area contributed by atoms with E-state index in [1.807, 2.05) is 7.05 Å². The van der Waals surface area contributed by atoms with Gasteiger partial charge in [0.2, 0.25) is 0 Å². The van der Waals surface area contributed by atoms with Crippen LogP contribution >= 0.6 is 0 Å². The zero-order valence-corrected chi connectivity index (χ0v) is 9.94. The molecule has 0 aromatic carbocycles. The average molecular weight is 214 g/mol. The summed E-state index contributed by atoms with van der Waals surface area (Å²) < 4.78 is 0. The Bertz CT molecular complexity index is 213. The third-order valence-corrected chi connectivity index (χ3v) is 3.29. The van der Waals surface area contributed by atoms with Gasteiger partial charge in [-0.2, -0.15) is 0 Å². The first kappa shape index (κ1) is 12.5. The van der Waals surface area contributed by atoms with Crippen molar-refractivity contribution in [2.24, 2.45) is 5.92 Å². The maximum atomic E-state index is 10.7. The Kier molecular flexibility index (Phi) is 4.54. The number of carboxylic acids is 1. The van der Waals surface area contributed by atoms with Gasteiger partial charge in [0, 0.05) is 12.6 Å². The quantitative estimate of drug-likeness (QED) is 0.749. The molecule has 1 aliphatic heterocycles. The largest absolute Gasteiger partial charge is 0.481 e. The maximum absolute atomic E-state index is 10.7. The van der Waals surface area contributed by atoms with Crippen LogP contribution in [-0.4, -0.2) is 60.6 Å². The monoisotopic (exact) mass is 214 g/mol. The fourth-order valence-electron chi connectivity index (χ4n) is 2.09. The molecule has 1 rings (SSSR count). The van der Waals surface area contributed by atoms with Gasteiger partial charge in [0.15, 0.2) is 0 Å². The number of carboxylic acid groups (broad SMARTS) is 1. The van der Waals surface area contributed by atoms with Crippen molar-refractivity contribution in [2.75, 3.05) is 33.7 Å². The van der Waals surface area contributed by atoms with E-state index in [2.05, 4.69) is 16.8 Å². The Morgan fingerprint density at radius 3 is 2.53 bits per heavy atom. The van der Waals surface area contributed by atoms with Gasteiger partial charge < -0.3 is 14.9 Å². The van der Waals surface area contributed by atoms with Crippen LogP contribution in [0.1, 0.15) is 19.8 Å². The minimum absolute atomic E-state index is 0.269. The Morgan fingerprint density at radius 1 is 1.53 bits per heavy atom. The lowest BCUT2D eigenvalue weighted by Gasteiger charge is -2.35. The van der Waals surface area contributed by atoms with E-state index in [0.29, 0.717) is 12.6 Å². The molecule has 0 aromatic rings. The summed E-state index contributed by atoms with van der Waals surface area (Å²) in [6.45, 7) is 4.67. The summed E-state index contributed by atoms with van der Waals surface area (Å²) in [5.41, 5.74) is 0. The highest BCUT2D eigenvalue weighted by atomic mass is 16.4. The van der Waals surface area contributed by atoms with E-state index >= 15 is 0 Å². The van der Waals surface area contributed by atoms with Gasteiger partial charge in [-0.15, -0.1) is 0 Å². The van der Waals surface area contributed by atoms with Crippen LogP contribution in [0.2, 0.25) is 0 Å². The molecule has 1 atom stereocenters. The molecular weight excluding hydrogens is 192 g/mol. The number of nitrogens with zero attached hydrogens (tertiary/aromatic N) is 2. The predicted octanol–water partition coefficient (Wildman–Crippen LogP) is 0.733. The molecule has 0 amide bonds. The molecular formula is C11H22N2O2. The molecule has 1 heterocycles. The minimum atomic E-state index is -0.699. The van der Waals surface area contributed by atoms with E-state index in [1.54, 1.807) is 6.92 Å². The molecule has 0 aliphatic carbocycles. The zero-order chi connectivity index (χ0) is 11.4. The van der Waals surface area contributed by atoms with Crippen LogP contribution in [0.5, 0.6) is 0 Å². The molecule has 1 fully saturated rings. The van der Waals surface area contributed by atoms with Crippen LogP contribution in [-0.2, 0) is 4.79 Å². The van der Waals surface area contributed by atoms with Crippen molar-refractivity contribution in [2.45, 2.75) is 25.8 Å². The van der Waals surface area contributed by atoms with Gasteiger partial charge in [0.1, 0.15) is 0 Å². The molecule has 0 spiro atoms. The van der Waals surface area contributed by atoms with Gasteiger partial charge in [-0.1, -0.05) is 6.92 Å². The number of hydrogen-bond donors (Lipinski definition) is 1. The molecule has 1 aliphatic rings. The van der Waals surface area contributed by atoms with E-state index < -0.39 is 5.97 Å². The number of hydrogen-bond acceptors (Lipinski definition) is 3. The van der Waals surface area contributed by atoms with Crippen molar-refractivity contribution in [3.8, 4) is 0 Å². The molecule has 1 N–H and O–H groups in total. The van der Waals surface area contributed by atoms with Crippen molar-refractivity contribution in [3.05, 3.63) is 0 Å². The van der Waals surface area contributed by atoms with Crippen LogP contribution < -0.4 is 0 Å². The van der Waals surface area contributed by atoms with Gasteiger partial charge in [-0.25, -0.2) is 0 Å². The Labute approximate surface area is 91.9 Å². The molecule has 4 heteroatoms. The standard InChI is InChI=1S/C11H22N2O2/c1-9(11(14)15)8-13(3)10-4-6-12(2)7-5-10/h9-10H,4-8H2,1-3H3,(H,14,15). The Morgan fingerprint density at radius 2 is 2.07 bits per heavy atom. The predicted molar refractivity (Wildman–Crippen MR) is 59.9 cm³/mol. The molecule has 1 saturated heterocycles. The van der Waals surface area contributed by atoms with Gasteiger partial charge in [0.05, 0.1) is 5.92 Å². The van der Waals surface area contributed by atoms with E-state index in [0.717, 1.165) is 25.9 Å². The molecule has 0 radical (unpaired) electrons. The molecule has 0 aromatic heterocycles. The normalized spacial score (nSPS) is 21.9. The number of rotatable bonds is 4. The second kappa shape index (κ2) is 5.47. The van der Waals surface area contributed by atoms with Crippen LogP contribution in [0.4, 0.5) is 0 Å². The topological polar surface area (TPSA) is 43.8 Å². The highest BCUT2D eigenvalue weighted by Gasteiger charge is 2.23. The summed E-state index contributed by atoms with van der Waals surface area (Å²) in [5.74, 6) is -0.968. The summed E-state index contributed by atoms with van der Waals surface area (Å²) in [7, 11) is 4.17. The Balaban J connectivity index is 2.33. The summed E-state index contributed by atoms with van der Waals surface area (Å²) in [5, 5.41) is 8.84. The Hall–Kier alpha value is -0.610. The minimum Gasteiger partial charge on any atom is -0.481 e. The van der Waals surface area contributed by atoms with Crippen LogP contribution in [0.15, 0.2) is 0 Å². The van der Waals surface area contributed by atoms with E-state index in [4.69, 9.17) is 5.11 Å². The van der Waals surface area contributed by atoms with E-state index in [-0.39, 0.29) is 5.92 Å². The van der Waals surface area contributed by atoms with Crippen molar-refractivity contribution < 1.29 is 9.90 Å². The zero-order valence-electron chi connectivity index (χ0n) is 9.94. The first-order valence-corrected chi connectivity index (χ1v) is 5.62. The van der Waals surface area contributed by atoms with Gasteiger partial charge in [-0.3, -0.25) is 4.79 Å². The van der Waals surface area contributed by atoms with Crippen molar-refractivity contribution in [1.29, 1.82) is 0 Å². The van der Waals surface area contributed by atoms with Crippen LogP contribution in [0.3, 0.4) is 0 Å². The maximum Gasteiger partial charge on any atom is 0.307 e. The first-order valence-electron chi connectivity index (χ1n) is 5.62. The lowest BCUT2D eigenvalue weighted by molar-refractivity contribution is -0.141. The molecule has 0 saturated carbocycles. The van der Waals surface area contributed by atoms with Gasteiger partial charge >= 0.3 is 5.97 Å². The van der Waals surface area contributed by atoms with Crippen molar-refractivity contribution in [3.63, 3.8) is 0 Å². The molecule has 4 nitrogen and oxygen atoms in total. The number of carbonyl (C=O) groups is 1. The lowest BCUT2D eigenvalue weighted by atomic mass is 10.0. The summed E-state index contributed by atoms with van der Waals surface area (Å²) >= 11 is 0. The fraction of sp³-hybridized carbons (Fsp3) is 0.909. The SMILES string of the molecule is CC(CN(C)C1CCN(C)CC1)C(=O)O. The molecule has 1 unspecified atom stereocenters. The summed E-state index contributed by atoms with van der Waals surface area (Å²) in [6.07, 6.45) is 2.30. The van der Waals surface area contributed by atoms with Gasteiger partial charge in [0.25, 0.3) is 0 Å². The highest BCUT2D eigenvalue weighted by Crippen LogP contribution is 2.15. The van der Waals surface area contributed by atoms with Crippen LogP contribution in [0.25, 0.3) is 0 Å².